The van der Waals surface area contributed by atoms with Crippen LogP contribution in [0.1, 0.15) is 19.3 Å². The normalized spacial score (nSPS) is 15.7. The van der Waals surface area contributed by atoms with Crippen LogP contribution < -0.4 is 25.2 Å². The van der Waals surface area contributed by atoms with Crippen molar-refractivity contribution in [3.8, 4) is 11.5 Å². The van der Waals surface area contributed by atoms with Gasteiger partial charge in [-0.3, -0.25) is 14.2 Å². The number of piperidine rings is 1. The van der Waals surface area contributed by atoms with Gasteiger partial charge in [0.05, 0.1) is 0 Å². The van der Waals surface area contributed by atoms with Crippen molar-refractivity contribution in [3.63, 3.8) is 0 Å². The van der Waals surface area contributed by atoms with E-state index in [1.165, 1.54) is 23.5 Å². The summed E-state index contributed by atoms with van der Waals surface area (Å²) in [5.41, 5.74) is 0.544. The van der Waals surface area contributed by atoms with Crippen molar-refractivity contribution < 1.29 is 14.3 Å². The predicted octanol–water partition coefficient (Wildman–Crippen LogP) is 1.59. The Bertz CT molecular complexity index is 1190. The van der Waals surface area contributed by atoms with Crippen LogP contribution >= 0.6 is 0 Å². The molecule has 0 bridgehead atoms. The summed E-state index contributed by atoms with van der Waals surface area (Å²) in [4.78, 5) is 40.5. The highest BCUT2D eigenvalue weighted by Crippen LogP contribution is 2.32. The molecule has 160 valence electrons. The molecule has 1 aromatic carbocycles. The zero-order valence-corrected chi connectivity index (χ0v) is 16.9. The lowest BCUT2D eigenvalue weighted by atomic mass is 10.1. The highest BCUT2D eigenvalue weighted by atomic mass is 16.6. The summed E-state index contributed by atoms with van der Waals surface area (Å²) < 4.78 is 12.3. The fourth-order valence-corrected chi connectivity index (χ4v) is 3.78. The Labute approximate surface area is 177 Å². The topological polar surface area (TPSA) is 111 Å². The molecule has 1 fully saturated rings. The molecule has 1 N–H and O–H groups in total. The number of anilines is 2. The van der Waals surface area contributed by atoms with E-state index in [0.29, 0.717) is 42.0 Å². The third-order valence-electron chi connectivity index (χ3n) is 5.35. The number of ether oxygens (including phenoxy) is 2. The average molecular weight is 422 g/mol. The van der Waals surface area contributed by atoms with Crippen LogP contribution in [0.25, 0.3) is 11.0 Å². The second kappa shape index (κ2) is 8.21. The molecule has 0 aliphatic carbocycles. The summed E-state index contributed by atoms with van der Waals surface area (Å²) in [6.45, 7) is 2.60. The fourth-order valence-electron chi connectivity index (χ4n) is 3.78. The van der Waals surface area contributed by atoms with Crippen molar-refractivity contribution in [2.24, 2.45) is 0 Å². The van der Waals surface area contributed by atoms with Gasteiger partial charge in [0, 0.05) is 31.0 Å². The minimum absolute atomic E-state index is 0.176. The fraction of sp³-hybridized carbons (Fsp3) is 0.381. The SMILES string of the molecule is O=C(Cn1cnc2nc(N3CCCCC3)ncc2c1=O)Nc1ccc2c(c1)OCCO2. The van der Waals surface area contributed by atoms with Crippen molar-refractivity contribution in [1.29, 1.82) is 0 Å². The van der Waals surface area contributed by atoms with Crippen LogP contribution in [0.4, 0.5) is 11.6 Å². The highest BCUT2D eigenvalue weighted by Gasteiger charge is 2.17. The highest BCUT2D eigenvalue weighted by molar-refractivity contribution is 5.91. The molecule has 10 heteroatoms. The van der Waals surface area contributed by atoms with E-state index in [4.69, 9.17) is 9.47 Å². The van der Waals surface area contributed by atoms with Gasteiger partial charge in [-0.15, -0.1) is 0 Å². The van der Waals surface area contributed by atoms with Crippen LogP contribution in [-0.2, 0) is 11.3 Å². The van der Waals surface area contributed by atoms with Gasteiger partial charge in [-0.2, -0.15) is 4.98 Å². The first kappa shape index (κ1) is 19.3. The third kappa shape index (κ3) is 4.00. The smallest absolute Gasteiger partial charge is 0.264 e. The van der Waals surface area contributed by atoms with Crippen molar-refractivity contribution in [2.45, 2.75) is 25.8 Å². The molecule has 0 spiro atoms. The van der Waals surface area contributed by atoms with E-state index >= 15 is 0 Å². The number of carbonyl (C=O) groups is 1. The summed E-state index contributed by atoms with van der Waals surface area (Å²) in [6.07, 6.45) is 6.27. The summed E-state index contributed by atoms with van der Waals surface area (Å²) in [5.74, 6) is 1.46. The van der Waals surface area contributed by atoms with Crippen LogP contribution in [0.15, 0.2) is 35.5 Å². The second-order valence-corrected chi connectivity index (χ2v) is 7.54. The first-order chi connectivity index (χ1) is 15.2. The second-order valence-electron chi connectivity index (χ2n) is 7.54. The largest absolute Gasteiger partial charge is 0.486 e. The number of rotatable bonds is 4. The van der Waals surface area contributed by atoms with Crippen molar-refractivity contribution in [3.05, 3.63) is 41.1 Å². The maximum Gasteiger partial charge on any atom is 0.264 e. The number of amides is 1. The van der Waals surface area contributed by atoms with Crippen LogP contribution in [0, 0.1) is 0 Å². The molecular weight excluding hydrogens is 400 g/mol. The number of hydrogen-bond donors (Lipinski definition) is 1. The van der Waals surface area contributed by atoms with E-state index in [-0.39, 0.29) is 23.4 Å². The van der Waals surface area contributed by atoms with Gasteiger partial charge in [-0.25, -0.2) is 9.97 Å². The van der Waals surface area contributed by atoms with Crippen molar-refractivity contribution >= 4 is 28.6 Å². The van der Waals surface area contributed by atoms with Gasteiger partial charge in [-0.05, 0) is 31.4 Å². The number of nitrogens with one attached hydrogen (secondary N) is 1. The summed E-state index contributed by atoms with van der Waals surface area (Å²) in [6, 6.07) is 5.16. The van der Waals surface area contributed by atoms with E-state index in [9.17, 15) is 9.59 Å². The van der Waals surface area contributed by atoms with E-state index in [1.807, 2.05) is 0 Å². The molecule has 4 heterocycles. The quantitative estimate of drug-likeness (QED) is 0.675. The molecule has 3 aromatic rings. The van der Waals surface area contributed by atoms with Gasteiger partial charge in [0.15, 0.2) is 17.1 Å². The molecule has 5 rings (SSSR count). The van der Waals surface area contributed by atoms with Crippen LogP contribution in [0.5, 0.6) is 11.5 Å². The van der Waals surface area contributed by atoms with Gasteiger partial charge in [0.2, 0.25) is 11.9 Å². The summed E-state index contributed by atoms with van der Waals surface area (Å²) in [5, 5.41) is 3.06. The monoisotopic (exact) mass is 422 g/mol. The van der Waals surface area contributed by atoms with Crippen LogP contribution in [0.3, 0.4) is 0 Å². The molecule has 31 heavy (non-hydrogen) atoms. The van der Waals surface area contributed by atoms with E-state index in [0.717, 1.165) is 25.9 Å². The number of fused-ring (bicyclic) bond motifs is 2. The molecular formula is C21H22N6O4. The lowest BCUT2D eigenvalue weighted by molar-refractivity contribution is -0.116. The van der Waals surface area contributed by atoms with Crippen LogP contribution in [-0.4, -0.2) is 51.7 Å². The lowest BCUT2D eigenvalue weighted by Gasteiger charge is -2.26. The average Bonchev–Trinajstić information content (AvgIpc) is 2.81. The predicted molar refractivity (Wildman–Crippen MR) is 114 cm³/mol. The molecule has 10 nitrogen and oxygen atoms in total. The van der Waals surface area contributed by atoms with Gasteiger partial charge in [0.25, 0.3) is 5.56 Å². The number of hydrogen-bond acceptors (Lipinski definition) is 8. The lowest BCUT2D eigenvalue weighted by Crippen LogP contribution is -2.31. The Kier molecular flexibility index (Phi) is 5.11. The van der Waals surface area contributed by atoms with Gasteiger partial charge in [-0.1, -0.05) is 0 Å². The zero-order chi connectivity index (χ0) is 21.2. The molecule has 0 saturated carbocycles. The number of benzene rings is 1. The Morgan fingerprint density at radius 1 is 1.06 bits per heavy atom. The first-order valence-electron chi connectivity index (χ1n) is 10.3. The third-order valence-corrected chi connectivity index (χ3v) is 5.35. The minimum atomic E-state index is -0.356. The molecule has 2 aliphatic rings. The van der Waals surface area contributed by atoms with E-state index in [2.05, 4.69) is 25.2 Å². The number of carbonyl (C=O) groups excluding carboxylic acids is 1. The molecule has 0 atom stereocenters. The van der Waals surface area contributed by atoms with E-state index < -0.39 is 0 Å². The molecule has 2 aromatic heterocycles. The van der Waals surface area contributed by atoms with Crippen molar-refractivity contribution in [1.82, 2.24) is 19.5 Å². The molecule has 0 radical (unpaired) electrons. The van der Waals surface area contributed by atoms with Gasteiger partial charge < -0.3 is 19.7 Å². The Morgan fingerprint density at radius 2 is 1.87 bits per heavy atom. The Morgan fingerprint density at radius 3 is 2.71 bits per heavy atom. The maximum absolute atomic E-state index is 12.8. The van der Waals surface area contributed by atoms with E-state index in [1.54, 1.807) is 18.2 Å². The Balaban J connectivity index is 1.32. The molecule has 1 amide bonds. The first-order valence-corrected chi connectivity index (χ1v) is 10.3. The van der Waals surface area contributed by atoms with Crippen molar-refractivity contribution in [2.75, 3.05) is 36.5 Å². The van der Waals surface area contributed by atoms with Crippen LogP contribution in [0.2, 0.25) is 0 Å². The molecule has 1 saturated heterocycles. The molecule has 0 unspecified atom stereocenters. The zero-order valence-electron chi connectivity index (χ0n) is 16.9. The van der Waals surface area contributed by atoms with Gasteiger partial charge >= 0.3 is 0 Å². The van der Waals surface area contributed by atoms with Gasteiger partial charge in [0.1, 0.15) is 31.5 Å². The summed E-state index contributed by atoms with van der Waals surface area (Å²) in [7, 11) is 0. The minimum Gasteiger partial charge on any atom is -0.486 e. The Hall–Kier alpha value is -3.69. The number of aromatic nitrogens is 4. The maximum atomic E-state index is 12.8. The molecule has 2 aliphatic heterocycles. The summed E-state index contributed by atoms with van der Waals surface area (Å²) >= 11 is 0. The standard InChI is InChI=1S/C21H22N6O4/c28-18(24-14-4-5-16-17(10-14)31-9-8-30-16)12-27-13-23-19-15(20(27)29)11-22-21(25-19)26-6-2-1-3-7-26/h4-5,10-11,13H,1-3,6-9,12H2,(H,24,28). The number of nitrogens with zero attached hydrogens (tertiary/aromatic N) is 5.